The summed E-state index contributed by atoms with van der Waals surface area (Å²) in [5.41, 5.74) is 3.35. The molecule has 0 radical (unpaired) electrons. The molecule has 0 aliphatic heterocycles. The molecule has 17 heavy (non-hydrogen) atoms. The monoisotopic (exact) mass is 246 g/mol. The molecule has 0 aliphatic rings. The SMILES string of the molecule is Cc1nc(Cl)ccc1N(C)Cc1ccccc1. The molecule has 0 bridgehead atoms. The Bertz CT molecular complexity index is 497. The second-order valence-corrected chi connectivity index (χ2v) is 4.47. The Morgan fingerprint density at radius 2 is 1.82 bits per heavy atom. The molecular weight excluding hydrogens is 232 g/mol. The van der Waals surface area contributed by atoms with Crippen LogP contribution in [0.1, 0.15) is 11.3 Å². The average Bonchev–Trinajstić information content (AvgIpc) is 2.30. The lowest BCUT2D eigenvalue weighted by atomic mass is 10.2. The molecular formula is C14H15ClN2. The molecule has 2 aromatic rings. The van der Waals surface area contributed by atoms with Crippen molar-refractivity contribution in [1.29, 1.82) is 0 Å². The minimum absolute atomic E-state index is 0.541. The number of nitrogens with zero attached hydrogens (tertiary/aromatic N) is 2. The zero-order valence-electron chi connectivity index (χ0n) is 10.0. The highest BCUT2D eigenvalue weighted by atomic mass is 35.5. The summed E-state index contributed by atoms with van der Waals surface area (Å²) in [5, 5.41) is 0.541. The van der Waals surface area contributed by atoms with E-state index in [0.29, 0.717) is 5.15 Å². The van der Waals surface area contributed by atoms with E-state index in [-0.39, 0.29) is 0 Å². The van der Waals surface area contributed by atoms with Gasteiger partial charge in [-0.2, -0.15) is 0 Å². The summed E-state index contributed by atoms with van der Waals surface area (Å²) < 4.78 is 0. The van der Waals surface area contributed by atoms with E-state index in [1.165, 1.54) is 5.56 Å². The molecule has 0 fully saturated rings. The summed E-state index contributed by atoms with van der Waals surface area (Å²) in [6.45, 7) is 2.84. The molecule has 0 saturated carbocycles. The van der Waals surface area contributed by atoms with E-state index >= 15 is 0 Å². The fourth-order valence-electron chi connectivity index (χ4n) is 1.87. The lowest BCUT2D eigenvalue weighted by Gasteiger charge is -2.21. The Labute approximate surface area is 107 Å². The van der Waals surface area contributed by atoms with E-state index in [4.69, 9.17) is 11.6 Å². The molecule has 0 unspecified atom stereocenters. The standard InChI is InChI=1S/C14H15ClN2/c1-11-13(8-9-14(15)16-11)17(2)10-12-6-4-3-5-7-12/h3-9H,10H2,1-2H3. The third-order valence-corrected chi connectivity index (χ3v) is 2.91. The number of anilines is 1. The lowest BCUT2D eigenvalue weighted by molar-refractivity contribution is 0.908. The average molecular weight is 247 g/mol. The Balaban J connectivity index is 2.17. The van der Waals surface area contributed by atoms with Gasteiger partial charge in [-0.15, -0.1) is 0 Å². The van der Waals surface area contributed by atoms with Crippen LogP contribution in [0.25, 0.3) is 0 Å². The van der Waals surface area contributed by atoms with Crippen LogP contribution in [-0.2, 0) is 6.54 Å². The second-order valence-electron chi connectivity index (χ2n) is 4.08. The van der Waals surface area contributed by atoms with Crippen LogP contribution in [0.15, 0.2) is 42.5 Å². The van der Waals surface area contributed by atoms with Gasteiger partial charge in [-0.05, 0) is 24.6 Å². The van der Waals surface area contributed by atoms with Gasteiger partial charge in [-0.25, -0.2) is 4.98 Å². The summed E-state index contributed by atoms with van der Waals surface area (Å²) in [5.74, 6) is 0. The summed E-state index contributed by atoms with van der Waals surface area (Å²) in [7, 11) is 2.06. The minimum atomic E-state index is 0.541. The zero-order chi connectivity index (χ0) is 12.3. The molecule has 0 N–H and O–H groups in total. The first-order valence-corrected chi connectivity index (χ1v) is 5.93. The topological polar surface area (TPSA) is 16.1 Å². The van der Waals surface area contributed by atoms with Crippen molar-refractivity contribution in [3.05, 3.63) is 58.9 Å². The normalized spacial score (nSPS) is 10.3. The van der Waals surface area contributed by atoms with E-state index in [2.05, 4.69) is 41.2 Å². The van der Waals surface area contributed by atoms with Crippen LogP contribution in [0.4, 0.5) is 5.69 Å². The van der Waals surface area contributed by atoms with Crippen LogP contribution in [0, 0.1) is 6.92 Å². The van der Waals surface area contributed by atoms with Gasteiger partial charge in [0.1, 0.15) is 5.15 Å². The number of rotatable bonds is 3. The quantitative estimate of drug-likeness (QED) is 0.768. The van der Waals surface area contributed by atoms with E-state index in [1.54, 1.807) is 0 Å². The summed E-state index contributed by atoms with van der Waals surface area (Å²) >= 11 is 5.85. The Morgan fingerprint density at radius 3 is 2.47 bits per heavy atom. The third-order valence-electron chi connectivity index (χ3n) is 2.70. The first-order valence-electron chi connectivity index (χ1n) is 5.55. The van der Waals surface area contributed by atoms with Gasteiger partial charge < -0.3 is 4.90 Å². The van der Waals surface area contributed by atoms with Gasteiger partial charge in [0.05, 0.1) is 11.4 Å². The van der Waals surface area contributed by atoms with Crippen molar-refractivity contribution in [3.63, 3.8) is 0 Å². The summed E-state index contributed by atoms with van der Waals surface area (Å²) in [4.78, 5) is 6.43. The van der Waals surface area contributed by atoms with E-state index < -0.39 is 0 Å². The predicted octanol–water partition coefficient (Wildman–Crippen LogP) is 3.68. The Kier molecular flexibility index (Phi) is 3.64. The van der Waals surface area contributed by atoms with Crippen LogP contribution in [0.3, 0.4) is 0 Å². The number of pyridine rings is 1. The molecule has 0 aliphatic carbocycles. The van der Waals surface area contributed by atoms with Crippen molar-refractivity contribution in [1.82, 2.24) is 4.98 Å². The van der Waals surface area contributed by atoms with Gasteiger partial charge in [0, 0.05) is 13.6 Å². The first-order chi connectivity index (χ1) is 8.16. The molecule has 88 valence electrons. The van der Waals surface area contributed by atoms with Gasteiger partial charge >= 0.3 is 0 Å². The Hall–Kier alpha value is -1.54. The van der Waals surface area contributed by atoms with Gasteiger partial charge in [0.15, 0.2) is 0 Å². The number of hydrogen-bond donors (Lipinski definition) is 0. The highest BCUT2D eigenvalue weighted by molar-refractivity contribution is 6.29. The molecule has 3 heteroatoms. The first kappa shape index (κ1) is 11.9. The highest BCUT2D eigenvalue weighted by Gasteiger charge is 2.06. The maximum absolute atomic E-state index is 5.85. The van der Waals surface area contributed by atoms with Crippen molar-refractivity contribution in [2.24, 2.45) is 0 Å². The van der Waals surface area contributed by atoms with Crippen LogP contribution >= 0.6 is 11.6 Å². The fourth-order valence-corrected chi connectivity index (χ4v) is 2.06. The molecule has 0 spiro atoms. The van der Waals surface area contributed by atoms with Crippen LogP contribution < -0.4 is 4.90 Å². The molecule has 2 nitrogen and oxygen atoms in total. The number of hydrogen-bond acceptors (Lipinski definition) is 2. The van der Waals surface area contributed by atoms with Crippen molar-refractivity contribution in [2.75, 3.05) is 11.9 Å². The third kappa shape index (κ3) is 2.98. The molecule has 0 amide bonds. The molecule has 1 aromatic carbocycles. The minimum Gasteiger partial charge on any atom is -0.369 e. The van der Waals surface area contributed by atoms with Crippen LogP contribution in [0.5, 0.6) is 0 Å². The van der Waals surface area contributed by atoms with Gasteiger partial charge in [0.25, 0.3) is 0 Å². The Morgan fingerprint density at radius 1 is 1.12 bits per heavy atom. The summed E-state index contributed by atoms with van der Waals surface area (Å²) in [6.07, 6.45) is 0. The van der Waals surface area contributed by atoms with Gasteiger partial charge in [0.2, 0.25) is 0 Å². The van der Waals surface area contributed by atoms with Crippen molar-refractivity contribution in [2.45, 2.75) is 13.5 Å². The van der Waals surface area contributed by atoms with E-state index in [0.717, 1.165) is 17.9 Å². The van der Waals surface area contributed by atoms with Crippen LogP contribution in [-0.4, -0.2) is 12.0 Å². The highest BCUT2D eigenvalue weighted by Crippen LogP contribution is 2.20. The molecule has 2 rings (SSSR count). The number of aryl methyl sites for hydroxylation is 1. The molecule has 1 heterocycles. The van der Waals surface area contributed by atoms with Crippen molar-refractivity contribution < 1.29 is 0 Å². The largest absolute Gasteiger partial charge is 0.369 e. The number of halogens is 1. The van der Waals surface area contributed by atoms with Gasteiger partial charge in [-0.3, -0.25) is 0 Å². The smallest absolute Gasteiger partial charge is 0.129 e. The number of aromatic nitrogens is 1. The molecule has 0 atom stereocenters. The van der Waals surface area contributed by atoms with E-state index in [9.17, 15) is 0 Å². The summed E-state index contributed by atoms with van der Waals surface area (Å²) in [6, 6.07) is 14.2. The van der Waals surface area contributed by atoms with Gasteiger partial charge in [-0.1, -0.05) is 41.9 Å². The second kappa shape index (κ2) is 5.19. The predicted molar refractivity (Wildman–Crippen MR) is 72.5 cm³/mol. The molecule has 1 aromatic heterocycles. The van der Waals surface area contributed by atoms with Crippen molar-refractivity contribution >= 4 is 17.3 Å². The zero-order valence-corrected chi connectivity index (χ0v) is 10.8. The number of benzene rings is 1. The van der Waals surface area contributed by atoms with E-state index in [1.807, 2.05) is 25.1 Å². The van der Waals surface area contributed by atoms with Crippen LogP contribution in [0.2, 0.25) is 5.15 Å². The maximum Gasteiger partial charge on any atom is 0.129 e. The lowest BCUT2D eigenvalue weighted by Crippen LogP contribution is -2.17. The van der Waals surface area contributed by atoms with Crippen molar-refractivity contribution in [3.8, 4) is 0 Å². The molecule has 0 saturated heterocycles. The maximum atomic E-state index is 5.85. The fraction of sp³-hybridized carbons (Fsp3) is 0.214.